The summed E-state index contributed by atoms with van der Waals surface area (Å²) in [5.41, 5.74) is 4.46. The lowest BCUT2D eigenvalue weighted by Crippen LogP contribution is -2.25. The van der Waals surface area contributed by atoms with E-state index in [2.05, 4.69) is 10.3 Å². The number of ether oxygens (including phenoxy) is 1. The Bertz CT molecular complexity index is 1370. The summed E-state index contributed by atoms with van der Waals surface area (Å²) in [5, 5.41) is 9.14. The third-order valence-corrected chi connectivity index (χ3v) is 7.36. The second-order valence-corrected chi connectivity index (χ2v) is 10.0. The van der Waals surface area contributed by atoms with Gasteiger partial charge in [-0.15, -0.1) is 0 Å². The van der Waals surface area contributed by atoms with Gasteiger partial charge in [0.25, 0.3) is 5.91 Å². The smallest absolute Gasteiger partial charge is 0.262 e. The van der Waals surface area contributed by atoms with Gasteiger partial charge in [0.2, 0.25) is 5.91 Å². The fraction of sp³-hybridized carbons (Fsp3) is 0.214. The van der Waals surface area contributed by atoms with Gasteiger partial charge in [-0.25, -0.2) is 9.40 Å². The Labute approximate surface area is 218 Å². The highest BCUT2D eigenvalue weighted by Crippen LogP contribution is 2.38. The third kappa shape index (κ3) is 5.56. The molecule has 188 valence electrons. The molecular weight excluding hydrogens is 491 g/mol. The number of rotatable bonds is 6. The van der Waals surface area contributed by atoms with E-state index < -0.39 is 5.25 Å². The summed E-state index contributed by atoms with van der Waals surface area (Å²) in [4.78, 5) is 29.7. The maximum Gasteiger partial charge on any atom is 0.262 e. The second kappa shape index (κ2) is 10.6. The first-order chi connectivity index (χ1) is 17.9. The summed E-state index contributed by atoms with van der Waals surface area (Å²) in [7, 11) is 1.57. The fourth-order valence-electron chi connectivity index (χ4n) is 4.21. The zero-order valence-electron chi connectivity index (χ0n) is 20.3. The Morgan fingerprint density at radius 1 is 1.08 bits per heavy atom. The molecule has 9 heteroatoms. The van der Waals surface area contributed by atoms with Gasteiger partial charge < -0.3 is 10.1 Å². The minimum Gasteiger partial charge on any atom is -0.497 e. The van der Waals surface area contributed by atoms with Gasteiger partial charge in [0, 0.05) is 18.5 Å². The van der Waals surface area contributed by atoms with Crippen LogP contribution in [0.15, 0.2) is 82.9 Å². The molecule has 2 aliphatic rings. The van der Waals surface area contributed by atoms with Gasteiger partial charge in [-0.1, -0.05) is 53.7 Å². The van der Waals surface area contributed by atoms with Crippen LogP contribution in [0.2, 0.25) is 0 Å². The van der Waals surface area contributed by atoms with Gasteiger partial charge in [0.05, 0.1) is 18.9 Å². The lowest BCUT2D eigenvalue weighted by atomic mass is 9.98. The molecular formula is C28H25FN4O3S. The number of amidine groups is 1. The molecule has 1 N–H and O–H groups in total. The third-order valence-electron chi connectivity index (χ3n) is 6.22. The molecule has 0 spiro atoms. The topological polar surface area (TPSA) is 83.4 Å². The first-order valence-corrected chi connectivity index (χ1v) is 12.7. The monoisotopic (exact) mass is 516 g/mol. The van der Waals surface area contributed by atoms with Crippen LogP contribution in [-0.2, 0) is 9.59 Å². The van der Waals surface area contributed by atoms with Crippen molar-refractivity contribution in [1.29, 1.82) is 0 Å². The molecule has 0 aliphatic carbocycles. The van der Waals surface area contributed by atoms with Crippen LogP contribution in [0, 0.1) is 12.7 Å². The van der Waals surface area contributed by atoms with E-state index in [0.29, 0.717) is 23.0 Å². The number of hydrogen-bond acceptors (Lipinski definition) is 6. The van der Waals surface area contributed by atoms with E-state index in [0.717, 1.165) is 22.4 Å². The quantitative estimate of drug-likeness (QED) is 0.480. The standard InChI is InChI=1S/C28H25FN4O3S/c1-17-3-5-18(6-4-17)23-15-24(19-7-9-20(29)10-8-19)33(32-23)28-31-27(35)25(37-28)16-26(34)30-21-11-13-22(36-2)14-12-21/h3-14,24-25H,15-16H2,1-2H3,(H,30,34). The predicted molar refractivity (Wildman–Crippen MR) is 143 cm³/mol. The van der Waals surface area contributed by atoms with Crippen molar-refractivity contribution in [2.75, 3.05) is 12.4 Å². The first-order valence-electron chi connectivity index (χ1n) is 11.8. The molecule has 2 amide bonds. The van der Waals surface area contributed by atoms with Crippen LogP contribution in [0.5, 0.6) is 5.75 Å². The van der Waals surface area contributed by atoms with Crippen molar-refractivity contribution in [2.24, 2.45) is 10.1 Å². The van der Waals surface area contributed by atoms with Crippen LogP contribution >= 0.6 is 11.8 Å². The highest BCUT2D eigenvalue weighted by atomic mass is 32.2. The van der Waals surface area contributed by atoms with Crippen molar-refractivity contribution in [3.63, 3.8) is 0 Å². The normalized spacial score (nSPS) is 19.0. The Balaban J connectivity index is 1.33. The molecule has 0 radical (unpaired) electrons. The molecule has 37 heavy (non-hydrogen) atoms. The number of benzene rings is 3. The molecule has 2 unspecified atom stereocenters. The second-order valence-electron chi connectivity index (χ2n) is 8.85. The number of carbonyl (C=O) groups is 2. The molecule has 3 aromatic carbocycles. The number of nitrogens with zero attached hydrogens (tertiary/aromatic N) is 3. The number of hydrogen-bond donors (Lipinski definition) is 1. The summed E-state index contributed by atoms with van der Waals surface area (Å²) < 4.78 is 18.7. The molecule has 2 aliphatic heterocycles. The lowest BCUT2D eigenvalue weighted by molar-refractivity contribution is -0.121. The van der Waals surface area contributed by atoms with Gasteiger partial charge in [-0.3, -0.25) is 9.59 Å². The number of halogens is 1. The molecule has 0 bridgehead atoms. The van der Waals surface area contributed by atoms with E-state index in [9.17, 15) is 14.0 Å². The van der Waals surface area contributed by atoms with Crippen molar-refractivity contribution in [2.45, 2.75) is 31.1 Å². The fourth-order valence-corrected chi connectivity index (χ4v) is 5.27. The Morgan fingerprint density at radius 2 is 1.78 bits per heavy atom. The summed E-state index contributed by atoms with van der Waals surface area (Å²) in [6.45, 7) is 2.02. The van der Waals surface area contributed by atoms with Crippen molar-refractivity contribution in [3.05, 3.63) is 95.3 Å². The van der Waals surface area contributed by atoms with Crippen molar-refractivity contribution in [3.8, 4) is 5.75 Å². The van der Waals surface area contributed by atoms with Crippen LogP contribution in [0.1, 0.15) is 35.6 Å². The maximum absolute atomic E-state index is 13.6. The largest absolute Gasteiger partial charge is 0.497 e. The van der Waals surface area contributed by atoms with E-state index in [4.69, 9.17) is 9.84 Å². The van der Waals surface area contributed by atoms with E-state index in [1.165, 1.54) is 23.9 Å². The van der Waals surface area contributed by atoms with E-state index in [-0.39, 0.29) is 30.1 Å². The summed E-state index contributed by atoms with van der Waals surface area (Å²) in [6.07, 6.45) is 0.553. The molecule has 0 saturated carbocycles. The summed E-state index contributed by atoms with van der Waals surface area (Å²) >= 11 is 1.23. The summed E-state index contributed by atoms with van der Waals surface area (Å²) in [5.74, 6) is -0.294. The Kier molecular flexibility index (Phi) is 7.05. The van der Waals surface area contributed by atoms with Gasteiger partial charge in [-0.05, 0) is 54.4 Å². The molecule has 5 rings (SSSR count). The van der Waals surface area contributed by atoms with Gasteiger partial charge >= 0.3 is 0 Å². The number of aliphatic imine (C=N–C) groups is 1. The van der Waals surface area contributed by atoms with E-state index in [1.807, 2.05) is 31.2 Å². The maximum atomic E-state index is 13.6. The van der Waals surface area contributed by atoms with Gasteiger partial charge in [-0.2, -0.15) is 10.1 Å². The lowest BCUT2D eigenvalue weighted by Gasteiger charge is -2.23. The van der Waals surface area contributed by atoms with Crippen molar-refractivity contribution in [1.82, 2.24) is 5.01 Å². The molecule has 2 atom stereocenters. The Hall–Kier alpha value is -3.98. The number of amides is 2. The minimum absolute atomic E-state index is 0.0217. The molecule has 3 aromatic rings. The Morgan fingerprint density at radius 3 is 2.46 bits per heavy atom. The van der Waals surface area contributed by atoms with E-state index >= 15 is 0 Å². The first kappa shape index (κ1) is 24.7. The number of aryl methyl sites for hydroxylation is 1. The highest BCUT2D eigenvalue weighted by Gasteiger charge is 2.39. The number of anilines is 1. The number of nitrogens with one attached hydrogen (secondary N) is 1. The average molecular weight is 517 g/mol. The molecule has 2 heterocycles. The predicted octanol–water partition coefficient (Wildman–Crippen LogP) is 5.32. The van der Waals surface area contributed by atoms with E-state index in [1.54, 1.807) is 48.5 Å². The SMILES string of the molecule is COc1ccc(NC(=O)CC2SC(N3N=C(c4ccc(C)cc4)CC3c3ccc(F)cc3)=NC2=O)cc1. The number of methoxy groups -OCH3 is 1. The van der Waals surface area contributed by atoms with Crippen LogP contribution in [-0.4, -0.2) is 40.1 Å². The number of carbonyl (C=O) groups excluding carboxylic acids is 2. The number of thioether (sulfide) groups is 1. The van der Waals surface area contributed by atoms with Crippen LogP contribution in [0.25, 0.3) is 0 Å². The zero-order chi connectivity index (χ0) is 25.9. The molecule has 0 saturated heterocycles. The van der Waals surface area contributed by atoms with Crippen LogP contribution < -0.4 is 10.1 Å². The molecule has 7 nitrogen and oxygen atoms in total. The van der Waals surface area contributed by atoms with Crippen LogP contribution in [0.4, 0.5) is 10.1 Å². The average Bonchev–Trinajstić information content (AvgIpc) is 3.49. The van der Waals surface area contributed by atoms with Crippen LogP contribution in [0.3, 0.4) is 0 Å². The van der Waals surface area contributed by atoms with Gasteiger partial charge in [0.1, 0.15) is 16.8 Å². The van der Waals surface area contributed by atoms with Crippen molar-refractivity contribution >= 4 is 40.1 Å². The zero-order valence-corrected chi connectivity index (χ0v) is 21.2. The summed E-state index contributed by atoms with van der Waals surface area (Å²) in [6, 6.07) is 21.1. The minimum atomic E-state index is -0.652. The number of hydrazone groups is 1. The molecule has 0 aromatic heterocycles. The van der Waals surface area contributed by atoms with Crippen molar-refractivity contribution < 1.29 is 18.7 Å². The van der Waals surface area contributed by atoms with Gasteiger partial charge in [0.15, 0.2) is 5.17 Å². The highest BCUT2D eigenvalue weighted by molar-refractivity contribution is 8.15. The molecule has 0 fully saturated rings.